The van der Waals surface area contributed by atoms with E-state index in [1.165, 1.54) is 13.1 Å². The summed E-state index contributed by atoms with van der Waals surface area (Å²) >= 11 is 0. The number of benzene rings is 1. The Bertz CT molecular complexity index is 979. The van der Waals surface area contributed by atoms with Gasteiger partial charge in [-0.25, -0.2) is 4.79 Å². The lowest BCUT2D eigenvalue weighted by molar-refractivity contribution is -0.120. The lowest BCUT2D eigenvalue weighted by Crippen LogP contribution is -2.46. The van der Waals surface area contributed by atoms with E-state index in [0.717, 1.165) is 17.4 Å². The molecular formula is C20H26N4O4. The molecule has 1 aliphatic rings. The van der Waals surface area contributed by atoms with Crippen molar-refractivity contribution in [2.75, 3.05) is 30.4 Å². The summed E-state index contributed by atoms with van der Waals surface area (Å²) in [5.74, 6) is 0.946. The Morgan fingerprint density at radius 1 is 1.29 bits per heavy atom. The van der Waals surface area contributed by atoms with E-state index in [-0.39, 0.29) is 23.1 Å². The Labute approximate surface area is 163 Å². The fourth-order valence-corrected chi connectivity index (χ4v) is 3.56. The van der Waals surface area contributed by atoms with Gasteiger partial charge in [-0.05, 0) is 31.9 Å². The maximum Gasteiger partial charge on any atom is 0.332 e. The number of nitrogens with one attached hydrogen (secondary N) is 1. The minimum atomic E-state index is -0.340. The van der Waals surface area contributed by atoms with Crippen molar-refractivity contribution in [3.63, 3.8) is 0 Å². The van der Waals surface area contributed by atoms with Gasteiger partial charge in [0.2, 0.25) is 5.91 Å². The molecule has 1 atom stereocenters. The molecule has 1 aromatic heterocycles. The molecule has 0 radical (unpaired) electrons. The first kappa shape index (κ1) is 19.7. The number of nitrogens with zero attached hydrogens (tertiary/aromatic N) is 3. The van der Waals surface area contributed by atoms with Crippen LogP contribution >= 0.6 is 0 Å². The third-order valence-corrected chi connectivity index (χ3v) is 5.15. The molecule has 0 bridgehead atoms. The van der Waals surface area contributed by atoms with Crippen LogP contribution in [0.4, 0.5) is 11.5 Å². The highest BCUT2D eigenvalue weighted by Crippen LogP contribution is 2.24. The van der Waals surface area contributed by atoms with Gasteiger partial charge < -0.3 is 15.0 Å². The van der Waals surface area contributed by atoms with Crippen LogP contribution in [0.2, 0.25) is 0 Å². The van der Waals surface area contributed by atoms with Crippen LogP contribution in [0.1, 0.15) is 19.8 Å². The molecule has 1 aromatic carbocycles. The van der Waals surface area contributed by atoms with Crippen molar-refractivity contribution in [1.29, 1.82) is 0 Å². The van der Waals surface area contributed by atoms with E-state index < -0.39 is 0 Å². The van der Waals surface area contributed by atoms with Crippen LogP contribution in [0.25, 0.3) is 0 Å². The van der Waals surface area contributed by atoms with Crippen LogP contribution in [0, 0.1) is 5.92 Å². The van der Waals surface area contributed by atoms with Crippen LogP contribution in [0.15, 0.2) is 39.9 Å². The number of aromatic nitrogens is 2. The number of methoxy groups -OCH3 is 1. The standard InChI is InChI=1S/C20H26N4O4/c1-4-24-17(12-18(25)22(2)20(24)27)23-10-6-7-14(13-23)19(26)21-15-8-5-9-16(11-15)28-3/h5,8-9,11-12,14H,4,6-7,10,13H2,1-3H3,(H,21,26). The molecule has 1 unspecified atom stereocenters. The average Bonchev–Trinajstić information content (AvgIpc) is 2.72. The first-order valence-electron chi connectivity index (χ1n) is 9.45. The van der Waals surface area contributed by atoms with E-state index in [4.69, 9.17) is 4.74 Å². The Morgan fingerprint density at radius 3 is 2.79 bits per heavy atom. The van der Waals surface area contributed by atoms with Gasteiger partial charge in [-0.15, -0.1) is 0 Å². The van der Waals surface area contributed by atoms with Gasteiger partial charge in [-0.1, -0.05) is 6.07 Å². The molecule has 2 heterocycles. The number of carbonyl (C=O) groups is 1. The van der Waals surface area contributed by atoms with Crippen molar-refractivity contribution >= 4 is 17.4 Å². The molecule has 0 aliphatic carbocycles. The Balaban J connectivity index is 1.80. The molecule has 1 fully saturated rings. The van der Waals surface area contributed by atoms with Crippen LogP contribution in [-0.2, 0) is 18.4 Å². The molecule has 150 valence electrons. The topological polar surface area (TPSA) is 85.6 Å². The average molecular weight is 386 g/mol. The van der Waals surface area contributed by atoms with Crippen LogP contribution in [0.3, 0.4) is 0 Å². The van der Waals surface area contributed by atoms with Gasteiger partial charge >= 0.3 is 5.69 Å². The SMILES string of the molecule is CCn1c(N2CCCC(C(=O)Nc3cccc(OC)c3)C2)cc(=O)n(C)c1=O. The normalized spacial score (nSPS) is 16.7. The summed E-state index contributed by atoms with van der Waals surface area (Å²) < 4.78 is 7.87. The first-order valence-corrected chi connectivity index (χ1v) is 9.45. The molecule has 1 aliphatic heterocycles. The van der Waals surface area contributed by atoms with Crippen LogP contribution in [0.5, 0.6) is 5.75 Å². The van der Waals surface area contributed by atoms with Crippen molar-refractivity contribution in [3.05, 3.63) is 51.2 Å². The van der Waals surface area contributed by atoms with Gasteiger partial charge in [0.05, 0.1) is 13.0 Å². The van der Waals surface area contributed by atoms with E-state index in [9.17, 15) is 14.4 Å². The number of carbonyl (C=O) groups excluding carboxylic acids is 1. The van der Waals surface area contributed by atoms with Crippen molar-refractivity contribution in [1.82, 2.24) is 9.13 Å². The zero-order chi connectivity index (χ0) is 20.3. The number of amides is 1. The molecule has 8 nitrogen and oxygen atoms in total. The maximum atomic E-state index is 12.8. The summed E-state index contributed by atoms with van der Waals surface area (Å²) in [4.78, 5) is 39.3. The Hall–Kier alpha value is -3.03. The van der Waals surface area contributed by atoms with E-state index in [1.807, 2.05) is 30.0 Å². The van der Waals surface area contributed by atoms with E-state index in [1.54, 1.807) is 17.7 Å². The monoisotopic (exact) mass is 386 g/mol. The lowest BCUT2D eigenvalue weighted by atomic mass is 9.97. The second-order valence-corrected chi connectivity index (χ2v) is 6.93. The van der Waals surface area contributed by atoms with Gasteiger partial charge in [-0.3, -0.25) is 18.7 Å². The van der Waals surface area contributed by atoms with Gasteiger partial charge in [0.25, 0.3) is 5.56 Å². The van der Waals surface area contributed by atoms with Gasteiger partial charge in [0, 0.05) is 44.5 Å². The Kier molecular flexibility index (Phi) is 5.87. The fraction of sp³-hybridized carbons (Fsp3) is 0.450. The predicted octanol–water partition coefficient (Wildman–Crippen LogP) is 1.43. The minimum absolute atomic E-state index is 0.0767. The van der Waals surface area contributed by atoms with Gasteiger partial charge in [0.1, 0.15) is 11.6 Å². The van der Waals surface area contributed by atoms with Gasteiger partial charge in [0.15, 0.2) is 0 Å². The highest BCUT2D eigenvalue weighted by Gasteiger charge is 2.28. The Morgan fingerprint density at radius 2 is 2.07 bits per heavy atom. The molecule has 0 saturated carbocycles. The van der Waals surface area contributed by atoms with Gasteiger partial charge in [-0.2, -0.15) is 0 Å². The lowest BCUT2D eigenvalue weighted by Gasteiger charge is -2.34. The number of ether oxygens (including phenoxy) is 1. The number of anilines is 2. The zero-order valence-corrected chi connectivity index (χ0v) is 16.5. The highest BCUT2D eigenvalue weighted by atomic mass is 16.5. The third kappa shape index (κ3) is 3.95. The number of hydrogen-bond donors (Lipinski definition) is 1. The van der Waals surface area contributed by atoms with E-state index >= 15 is 0 Å². The summed E-state index contributed by atoms with van der Waals surface area (Å²) in [6, 6.07) is 8.71. The van der Waals surface area contributed by atoms with E-state index in [2.05, 4.69) is 5.32 Å². The van der Waals surface area contributed by atoms with Crippen molar-refractivity contribution in [3.8, 4) is 5.75 Å². The second kappa shape index (κ2) is 8.33. The molecule has 0 spiro atoms. The minimum Gasteiger partial charge on any atom is -0.497 e. The van der Waals surface area contributed by atoms with Crippen LogP contribution < -0.4 is 26.2 Å². The molecule has 1 saturated heterocycles. The van der Waals surface area contributed by atoms with Crippen molar-refractivity contribution in [2.24, 2.45) is 13.0 Å². The molecular weight excluding hydrogens is 360 g/mol. The summed E-state index contributed by atoms with van der Waals surface area (Å²) in [7, 11) is 3.05. The molecule has 3 rings (SSSR count). The molecule has 1 amide bonds. The molecule has 28 heavy (non-hydrogen) atoms. The summed E-state index contributed by atoms with van der Waals surface area (Å²) in [5.41, 5.74) is 0.00105. The smallest absolute Gasteiger partial charge is 0.332 e. The van der Waals surface area contributed by atoms with Crippen LogP contribution in [-0.4, -0.2) is 35.2 Å². The molecule has 1 N–H and O–H groups in total. The summed E-state index contributed by atoms with van der Waals surface area (Å²) in [5, 5.41) is 2.94. The number of rotatable bonds is 5. The highest BCUT2D eigenvalue weighted by molar-refractivity contribution is 5.93. The second-order valence-electron chi connectivity index (χ2n) is 6.93. The van der Waals surface area contributed by atoms with E-state index in [0.29, 0.717) is 36.9 Å². The summed E-state index contributed by atoms with van der Waals surface area (Å²) in [6.07, 6.45) is 1.57. The number of hydrogen-bond acceptors (Lipinski definition) is 5. The quantitative estimate of drug-likeness (QED) is 0.840. The first-order chi connectivity index (χ1) is 13.4. The van der Waals surface area contributed by atoms with Crippen molar-refractivity contribution in [2.45, 2.75) is 26.3 Å². The number of piperidine rings is 1. The fourth-order valence-electron chi connectivity index (χ4n) is 3.56. The van der Waals surface area contributed by atoms with Crippen molar-refractivity contribution < 1.29 is 9.53 Å². The largest absolute Gasteiger partial charge is 0.497 e. The maximum absolute atomic E-state index is 12.8. The summed E-state index contributed by atoms with van der Waals surface area (Å²) in [6.45, 7) is 3.49. The molecule has 2 aromatic rings. The molecule has 8 heteroatoms. The zero-order valence-electron chi connectivity index (χ0n) is 16.5. The predicted molar refractivity (Wildman–Crippen MR) is 108 cm³/mol. The third-order valence-electron chi connectivity index (χ3n) is 5.15.